The van der Waals surface area contributed by atoms with Gasteiger partial charge < -0.3 is 14.2 Å². The zero-order chi connectivity index (χ0) is 13.4. The summed E-state index contributed by atoms with van der Waals surface area (Å²) in [6, 6.07) is 5.56. The zero-order valence-corrected chi connectivity index (χ0v) is 11.3. The lowest BCUT2D eigenvalue weighted by molar-refractivity contribution is 0.389. The molecule has 98 valence electrons. The van der Waals surface area contributed by atoms with Gasteiger partial charge in [0.2, 0.25) is 5.88 Å². The second-order valence-corrected chi connectivity index (χ2v) is 4.56. The van der Waals surface area contributed by atoms with Gasteiger partial charge in [0.15, 0.2) is 10.4 Å². The van der Waals surface area contributed by atoms with Crippen molar-refractivity contribution in [2.24, 2.45) is 0 Å². The Kier molecular flexibility index (Phi) is 2.83. The maximum atomic E-state index is 5.31. The molecule has 0 aliphatic heterocycles. The number of nitrogens with one attached hydrogen (secondary N) is 1. The van der Waals surface area contributed by atoms with Crippen LogP contribution >= 0.6 is 12.2 Å². The van der Waals surface area contributed by atoms with Crippen LogP contribution in [0.1, 0.15) is 11.5 Å². The van der Waals surface area contributed by atoms with Crippen molar-refractivity contribution in [1.29, 1.82) is 0 Å². The van der Waals surface area contributed by atoms with Gasteiger partial charge in [0.1, 0.15) is 11.5 Å². The van der Waals surface area contributed by atoms with Gasteiger partial charge in [-0.15, -0.1) is 0 Å². The van der Waals surface area contributed by atoms with Crippen LogP contribution in [0.25, 0.3) is 11.2 Å². The van der Waals surface area contributed by atoms with E-state index in [0.29, 0.717) is 17.2 Å². The van der Waals surface area contributed by atoms with Crippen LogP contribution in [-0.4, -0.2) is 26.8 Å². The van der Waals surface area contributed by atoms with Crippen LogP contribution in [0.2, 0.25) is 0 Å². The third kappa shape index (κ3) is 2.12. The van der Waals surface area contributed by atoms with Crippen molar-refractivity contribution in [3.8, 4) is 5.88 Å². The summed E-state index contributed by atoms with van der Waals surface area (Å²) in [5, 5.41) is 3.97. The molecule has 0 fully saturated rings. The lowest BCUT2D eigenvalue weighted by atomic mass is 10.3. The quantitative estimate of drug-likeness (QED) is 0.744. The fourth-order valence-corrected chi connectivity index (χ4v) is 2.19. The minimum Gasteiger partial charge on any atom is -0.481 e. The first-order valence-electron chi connectivity index (χ1n) is 5.73. The number of H-pyrrole nitrogens is 1. The van der Waals surface area contributed by atoms with Gasteiger partial charge in [0, 0.05) is 12.1 Å². The van der Waals surface area contributed by atoms with E-state index in [2.05, 4.69) is 15.1 Å². The molecule has 0 unspecified atom stereocenters. The number of aromatic amines is 1. The molecule has 0 aliphatic rings. The molecule has 3 aromatic rings. The predicted molar refractivity (Wildman–Crippen MR) is 71.8 cm³/mol. The first-order chi connectivity index (χ1) is 9.17. The Morgan fingerprint density at radius 2 is 2.32 bits per heavy atom. The van der Waals surface area contributed by atoms with Gasteiger partial charge >= 0.3 is 0 Å². The number of aromatic nitrogens is 4. The van der Waals surface area contributed by atoms with E-state index >= 15 is 0 Å². The van der Waals surface area contributed by atoms with Crippen molar-refractivity contribution in [2.75, 3.05) is 7.11 Å². The van der Waals surface area contributed by atoms with Crippen LogP contribution in [0.5, 0.6) is 5.88 Å². The molecule has 3 rings (SSSR count). The summed E-state index contributed by atoms with van der Waals surface area (Å²) >= 11 is 5.31. The van der Waals surface area contributed by atoms with Gasteiger partial charge in [0.05, 0.1) is 19.2 Å². The number of hydrogen-bond acceptors (Lipinski definition) is 5. The molecule has 0 amide bonds. The summed E-state index contributed by atoms with van der Waals surface area (Å²) in [6.07, 6.45) is 0. The van der Waals surface area contributed by atoms with Crippen LogP contribution in [0.4, 0.5) is 0 Å². The summed E-state index contributed by atoms with van der Waals surface area (Å²) in [5.41, 5.74) is 2.41. The highest BCUT2D eigenvalue weighted by Gasteiger charge is 2.10. The molecule has 0 saturated heterocycles. The molecule has 7 heteroatoms. The van der Waals surface area contributed by atoms with Crippen molar-refractivity contribution in [3.63, 3.8) is 0 Å². The van der Waals surface area contributed by atoms with E-state index in [4.69, 9.17) is 21.5 Å². The van der Waals surface area contributed by atoms with E-state index in [1.54, 1.807) is 13.2 Å². The smallest absolute Gasteiger partial charge is 0.215 e. The zero-order valence-electron chi connectivity index (χ0n) is 10.5. The first kappa shape index (κ1) is 11.9. The van der Waals surface area contributed by atoms with Gasteiger partial charge in [0.25, 0.3) is 0 Å². The molecule has 6 nitrogen and oxygen atoms in total. The Bertz CT molecular complexity index is 786. The number of hydrogen-bond donors (Lipinski definition) is 1. The Morgan fingerprint density at radius 3 is 3.00 bits per heavy atom. The topological polar surface area (TPSA) is 68.9 Å². The Labute approximate surface area is 114 Å². The van der Waals surface area contributed by atoms with Crippen molar-refractivity contribution < 1.29 is 9.26 Å². The van der Waals surface area contributed by atoms with Crippen molar-refractivity contribution in [2.45, 2.75) is 13.5 Å². The first-order valence-corrected chi connectivity index (χ1v) is 6.14. The second-order valence-electron chi connectivity index (χ2n) is 4.17. The van der Waals surface area contributed by atoms with Gasteiger partial charge in [-0.3, -0.25) is 4.57 Å². The second kappa shape index (κ2) is 4.51. The molecule has 0 saturated carbocycles. The fraction of sp³-hybridized carbons (Fsp3) is 0.250. The molecular formula is C12H12N4O2S. The van der Waals surface area contributed by atoms with Crippen molar-refractivity contribution in [1.82, 2.24) is 19.7 Å². The molecule has 0 atom stereocenters. The molecule has 0 radical (unpaired) electrons. The fourth-order valence-electron chi connectivity index (χ4n) is 1.93. The summed E-state index contributed by atoms with van der Waals surface area (Å²) in [7, 11) is 1.58. The van der Waals surface area contributed by atoms with Crippen LogP contribution in [0.3, 0.4) is 0 Å². The monoisotopic (exact) mass is 276 g/mol. The van der Waals surface area contributed by atoms with Crippen molar-refractivity contribution >= 4 is 23.4 Å². The standard InChI is InChI=1S/C12H12N4O2S/c1-7-5-8(15-18-7)6-16-11-9(13-12(16)19)3-4-10(14-11)17-2/h3-5H,6H2,1-2H3,(H,13,19). The van der Waals surface area contributed by atoms with Gasteiger partial charge in [-0.1, -0.05) is 5.16 Å². The number of fused-ring (bicyclic) bond motifs is 1. The number of ether oxygens (including phenoxy) is 1. The molecule has 0 aromatic carbocycles. The number of rotatable bonds is 3. The van der Waals surface area contributed by atoms with Gasteiger partial charge in [-0.2, -0.15) is 4.98 Å². The van der Waals surface area contributed by atoms with Crippen molar-refractivity contribution in [3.05, 3.63) is 34.4 Å². The maximum absolute atomic E-state index is 5.31. The minimum absolute atomic E-state index is 0.510. The highest BCUT2D eigenvalue weighted by Crippen LogP contribution is 2.17. The van der Waals surface area contributed by atoms with E-state index in [9.17, 15) is 0 Å². The third-order valence-corrected chi connectivity index (χ3v) is 3.12. The van der Waals surface area contributed by atoms with Crippen LogP contribution in [0, 0.1) is 11.7 Å². The van der Waals surface area contributed by atoms with E-state index in [1.807, 2.05) is 23.6 Å². The largest absolute Gasteiger partial charge is 0.481 e. The van der Waals surface area contributed by atoms with E-state index in [0.717, 1.165) is 22.6 Å². The highest BCUT2D eigenvalue weighted by molar-refractivity contribution is 7.71. The average molecular weight is 276 g/mol. The number of aryl methyl sites for hydroxylation is 1. The SMILES string of the molecule is COc1ccc2[nH]c(=S)n(Cc3cc(C)on3)c2n1. The molecule has 1 N–H and O–H groups in total. The molecule has 19 heavy (non-hydrogen) atoms. The lowest BCUT2D eigenvalue weighted by Gasteiger charge is -2.02. The Hall–Kier alpha value is -2.15. The molecule has 0 spiro atoms. The molecule has 3 aromatic heterocycles. The highest BCUT2D eigenvalue weighted by atomic mass is 32.1. The number of nitrogens with zero attached hydrogens (tertiary/aromatic N) is 3. The predicted octanol–water partition coefficient (Wildman–Crippen LogP) is 2.45. The van der Waals surface area contributed by atoms with E-state index < -0.39 is 0 Å². The summed E-state index contributed by atoms with van der Waals surface area (Å²) in [4.78, 5) is 7.51. The summed E-state index contributed by atoms with van der Waals surface area (Å²) < 4.78 is 12.7. The van der Waals surface area contributed by atoms with Crippen LogP contribution in [-0.2, 0) is 6.54 Å². The third-order valence-electron chi connectivity index (χ3n) is 2.80. The Morgan fingerprint density at radius 1 is 1.47 bits per heavy atom. The normalized spacial score (nSPS) is 11.1. The number of pyridine rings is 1. The van der Waals surface area contributed by atoms with Crippen LogP contribution in [0.15, 0.2) is 22.7 Å². The summed E-state index contributed by atoms with van der Waals surface area (Å²) in [6.45, 7) is 2.36. The maximum Gasteiger partial charge on any atom is 0.215 e. The van der Waals surface area contributed by atoms with Gasteiger partial charge in [-0.05, 0) is 25.2 Å². The van der Waals surface area contributed by atoms with Crippen LogP contribution < -0.4 is 4.74 Å². The lowest BCUT2D eigenvalue weighted by Crippen LogP contribution is -2.01. The molecular weight excluding hydrogens is 264 g/mol. The number of methoxy groups -OCH3 is 1. The molecule has 0 aliphatic carbocycles. The van der Waals surface area contributed by atoms with E-state index in [1.165, 1.54) is 0 Å². The minimum atomic E-state index is 0.510. The number of imidazole rings is 1. The molecule has 3 heterocycles. The van der Waals surface area contributed by atoms with E-state index in [-0.39, 0.29) is 0 Å². The molecule has 0 bridgehead atoms. The summed E-state index contributed by atoms with van der Waals surface area (Å²) in [5.74, 6) is 1.32. The average Bonchev–Trinajstić information content (AvgIpc) is 2.94. The van der Waals surface area contributed by atoms with Gasteiger partial charge in [-0.25, -0.2) is 0 Å². The Balaban J connectivity index is 2.11.